The van der Waals surface area contributed by atoms with Crippen molar-refractivity contribution < 1.29 is 19.1 Å². The summed E-state index contributed by atoms with van der Waals surface area (Å²) in [7, 11) is 0. The van der Waals surface area contributed by atoms with E-state index in [0.717, 1.165) is 24.8 Å². The summed E-state index contributed by atoms with van der Waals surface area (Å²) in [5.74, 6) is -0.617. The molecule has 0 aliphatic carbocycles. The lowest BCUT2D eigenvalue weighted by Gasteiger charge is -2.38. The summed E-state index contributed by atoms with van der Waals surface area (Å²) in [5, 5.41) is 2.10. The molecule has 3 rings (SSSR count). The molecule has 0 saturated heterocycles. The Kier molecular flexibility index (Phi) is 9.71. The average Bonchev–Trinajstić information content (AvgIpc) is 3.33. The third-order valence-electron chi connectivity index (χ3n) is 6.69. The largest absolute Gasteiger partial charge is 0.466 e. The second kappa shape index (κ2) is 12.5. The van der Waals surface area contributed by atoms with E-state index in [9.17, 15) is 14.4 Å². The van der Waals surface area contributed by atoms with E-state index in [1.165, 1.54) is 16.0 Å². The van der Waals surface area contributed by atoms with Crippen LogP contribution in [0.15, 0.2) is 35.7 Å². The summed E-state index contributed by atoms with van der Waals surface area (Å²) < 4.78 is 4.96. The van der Waals surface area contributed by atoms with Crippen LogP contribution in [0.2, 0.25) is 0 Å². The van der Waals surface area contributed by atoms with E-state index in [2.05, 4.69) is 63.4 Å². The Balaban J connectivity index is 1.81. The van der Waals surface area contributed by atoms with Gasteiger partial charge in [0.2, 0.25) is 11.8 Å². The zero-order valence-electron chi connectivity index (χ0n) is 22.3. The molecule has 1 atom stereocenters. The van der Waals surface area contributed by atoms with Crippen LogP contribution in [0.1, 0.15) is 87.9 Å². The summed E-state index contributed by atoms with van der Waals surface area (Å²) in [6, 6.07) is 10.6. The lowest BCUT2D eigenvalue weighted by Crippen LogP contribution is -2.47. The first kappa shape index (κ1) is 27.9. The molecule has 0 N–H and O–H groups in total. The first-order valence-electron chi connectivity index (χ1n) is 13.0. The Hall–Kier alpha value is -2.67. The number of nitrogens with zero attached hydrogens (tertiary/aromatic N) is 2. The van der Waals surface area contributed by atoms with Crippen LogP contribution in [0.4, 0.5) is 0 Å². The topological polar surface area (TPSA) is 66.9 Å². The van der Waals surface area contributed by atoms with E-state index < -0.39 is 0 Å². The van der Waals surface area contributed by atoms with Crippen molar-refractivity contribution in [3.63, 3.8) is 0 Å². The third kappa shape index (κ3) is 6.96. The molecular weight excluding hydrogens is 472 g/mol. The van der Waals surface area contributed by atoms with Gasteiger partial charge in [-0.15, -0.1) is 11.3 Å². The van der Waals surface area contributed by atoms with Crippen molar-refractivity contribution in [1.82, 2.24) is 9.80 Å². The Labute approximate surface area is 219 Å². The molecule has 0 spiro atoms. The van der Waals surface area contributed by atoms with Crippen molar-refractivity contribution in [2.45, 2.75) is 78.2 Å². The highest BCUT2D eigenvalue weighted by Gasteiger charge is 2.34. The molecule has 7 heteroatoms. The predicted molar refractivity (Wildman–Crippen MR) is 144 cm³/mol. The molecule has 6 nitrogen and oxygen atoms in total. The van der Waals surface area contributed by atoms with E-state index in [0.29, 0.717) is 19.7 Å². The maximum Gasteiger partial charge on any atom is 0.306 e. The molecule has 1 aliphatic heterocycles. The van der Waals surface area contributed by atoms with Gasteiger partial charge in [0.25, 0.3) is 0 Å². The number of benzene rings is 1. The van der Waals surface area contributed by atoms with E-state index >= 15 is 0 Å². The fraction of sp³-hybridized carbons (Fsp3) is 0.552. The van der Waals surface area contributed by atoms with Crippen molar-refractivity contribution in [3.8, 4) is 0 Å². The summed E-state index contributed by atoms with van der Waals surface area (Å²) >= 11 is 1.74. The number of carbonyl (C=O) groups is 3. The average molecular weight is 513 g/mol. The van der Waals surface area contributed by atoms with Gasteiger partial charge in [0.05, 0.1) is 25.6 Å². The van der Waals surface area contributed by atoms with Gasteiger partial charge >= 0.3 is 5.97 Å². The Morgan fingerprint density at radius 2 is 1.81 bits per heavy atom. The van der Waals surface area contributed by atoms with Crippen molar-refractivity contribution in [3.05, 3.63) is 57.3 Å². The number of thiophene rings is 1. The molecule has 0 radical (unpaired) electrons. The summed E-state index contributed by atoms with van der Waals surface area (Å²) in [6.07, 6.45) is 2.64. The number of hydrogen-bond acceptors (Lipinski definition) is 5. The lowest BCUT2D eigenvalue weighted by atomic mass is 9.85. The van der Waals surface area contributed by atoms with Crippen LogP contribution in [0, 0.1) is 0 Å². The minimum atomic E-state index is -0.382. The standard InChI is InChI=1S/C29H40N2O4S/c1-6-8-17-30(25(32)13-14-27(34)35-7-2)20-26(33)31-18-15-24-23(16-19-36-24)28(31)21-9-11-22(12-10-21)29(3,4)5/h9-12,16,19,28H,6-8,13-15,17-18,20H2,1-5H3. The first-order chi connectivity index (χ1) is 17.2. The number of esters is 1. The number of ether oxygens (including phenoxy) is 1. The second-order valence-corrected chi connectivity index (χ2v) is 11.4. The van der Waals surface area contributed by atoms with Gasteiger partial charge in [-0.25, -0.2) is 0 Å². The minimum Gasteiger partial charge on any atom is -0.466 e. The summed E-state index contributed by atoms with van der Waals surface area (Å²) in [4.78, 5) is 43.3. The Morgan fingerprint density at radius 1 is 1.08 bits per heavy atom. The summed E-state index contributed by atoms with van der Waals surface area (Å²) in [5.41, 5.74) is 3.57. The second-order valence-electron chi connectivity index (χ2n) is 10.4. The quantitative estimate of drug-likeness (QED) is 0.395. The van der Waals surface area contributed by atoms with Gasteiger partial charge in [-0.3, -0.25) is 14.4 Å². The summed E-state index contributed by atoms with van der Waals surface area (Å²) in [6.45, 7) is 11.8. The van der Waals surface area contributed by atoms with E-state index in [-0.39, 0.29) is 48.6 Å². The number of unbranched alkanes of at least 4 members (excludes halogenated alkanes) is 1. The fourth-order valence-corrected chi connectivity index (χ4v) is 5.51. The molecule has 2 amide bonds. The van der Waals surface area contributed by atoms with Gasteiger partial charge in [-0.05, 0) is 53.3 Å². The van der Waals surface area contributed by atoms with Crippen LogP contribution in [-0.2, 0) is 31.0 Å². The van der Waals surface area contributed by atoms with Crippen molar-refractivity contribution in [1.29, 1.82) is 0 Å². The van der Waals surface area contributed by atoms with Crippen LogP contribution >= 0.6 is 11.3 Å². The zero-order valence-corrected chi connectivity index (χ0v) is 23.2. The van der Waals surface area contributed by atoms with Crippen molar-refractivity contribution in [2.75, 3.05) is 26.2 Å². The normalized spacial score (nSPS) is 15.4. The molecule has 1 aliphatic rings. The highest BCUT2D eigenvalue weighted by molar-refractivity contribution is 7.10. The molecule has 2 heterocycles. The van der Waals surface area contributed by atoms with Gasteiger partial charge in [0, 0.05) is 24.4 Å². The monoisotopic (exact) mass is 512 g/mol. The van der Waals surface area contributed by atoms with Crippen molar-refractivity contribution >= 4 is 29.1 Å². The van der Waals surface area contributed by atoms with E-state index in [1.807, 2.05) is 4.90 Å². The van der Waals surface area contributed by atoms with Gasteiger partial charge in [-0.2, -0.15) is 0 Å². The molecular formula is C29H40N2O4S. The number of carbonyl (C=O) groups excluding carboxylic acids is 3. The Bertz CT molecular complexity index is 1040. The maximum absolute atomic E-state index is 13.7. The molecule has 1 aromatic carbocycles. The van der Waals surface area contributed by atoms with Crippen LogP contribution in [0.5, 0.6) is 0 Å². The molecule has 196 valence electrons. The molecule has 0 saturated carbocycles. The van der Waals surface area contributed by atoms with Gasteiger partial charge in [0.15, 0.2) is 0 Å². The van der Waals surface area contributed by atoms with Crippen LogP contribution in [0.25, 0.3) is 0 Å². The molecule has 2 aromatic rings. The predicted octanol–water partition coefficient (Wildman–Crippen LogP) is 5.49. The highest BCUT2D eigenvalue weighted by Crippen LogP contribution is 2.38. The molecule has 1 unspecified atom stereocenters. The number of fused-ring (bicyclic) bond motifs is 1. The Morgan fingerprint density at radius 3 is 2.44 bits per heavy atom. The van der Waals surface area contributed by atoms with Crippen LogP contribution < -0.4 is 0 Å². The lowest BCUT2D eigenvalue weighted by molar-refractivity contribution is -0.146. The highest BCUT2D eigenvalue weighted by atomic mass is 32.1. The van der Waals surface area contributed by atoms with E-state index in [1.54, 1.807) is 23.2 Å². The van der Waals surface area contributed by atoms with Gasteiger partial charge in [0.1, 0.15) is 0 Å². The fourth-order valence-electron chi connectivity index (χ4n) is 4.61. The van der Waals surface area contributed by atoms with Gasteiger partial charge < -0.3 is 14.5 Å². The van der Waals surface area contributed by atoms with E-state index in [4.69, 9.17) is 4.74 Å². The maximum atomic E-state index is 13.7. The van der Waals surface area contributed by atoms with Crippen LogP contribution in [0.3, 0.4) is 0 Å². The number of rotatable bonds is 10. The molecule has 0 fully saturated rings. The number of amides is 2. The van der Waals surface area contributed by atoms with Crippen LogP contribution in [-0.4, -0.2) is 53.8 Å². The molecule has 0 bridgehead atoms. The van der Waals surface area contributed by atoms with Crippen molar-refractivity contribution in [2.24, 2.45) is 0 Å². The smallest absolute Gasteiger partial charge is 0.306 e. The third-order valence-corrected chi connectivity index (χ3v) is 7.68. The zero-order chi connectivity index (χ0) is 26.3. The minimum absolute atomic E-state index is 0.0255. The first-order valence-corrected chi connectivity index (χ1v) is 13.9. The SMILES string of the molecule is CCCCN(CC(=O)N1CCc2sccc2C1c1ccc(C(C)(C)C)cc1)C(=O)CCC(=O)OCC. The number of hydrogen-bond donors (Lipinski definition) is 0. The van der Waals surface area contributed by atoms with Gasteiger partial charge in [-0.1, -0.05) is 58.4 Å². The molecule has 36 heavy (non-hydrogen) atoms. The molecule has 1 aromatic heterocycles.